The molecule has 0 N–H and O–H groups in total. The van der Waals surface area contributed by atoms with Crippen molar-refractivity contribution >= 4 is 22.1 Å². The molecular formula is C20H16N6. The molecule has 0 saturated heterocycles. The van der Waals surface area contributed by atoms with Crippen LogP contribution in [0.15, 0.2) is 72.8 Å². The second-order valence-electron chi connectivity index (χ2n) is 6.30. The van der Waals surface area contributed by atoms with Crippen LogP contribution < -0.4 is 0 Å². The Morgan fingerprint density at radius 1 is 0.577 bits per heavy atom. The molecule has 5 aromatic rings. The van der Waals surface area contributed by atoms with Gasteiger partial charge >= 0.3 is 0 Å². The van der Waals surface area contributed by atoms with Crippen molar-refractivity contribution in [1.82, 2.24) is 30.0 Å². The summed E-state index contributed by atoms with van der Waals surface area (Å²) in [5, 5.41) is 18.7. The van der Waals surface area contributed by atoms with Crippen LogP contribution in [-0.4, -0.2) is 30.0 Å². The van der Waals surface area contributed by atoms with E-state index in [9.17, 15) is 0 Å². The van der Waals surface area contributed by atoms with Gasteiger partial charge in [-0.05, 0) is 31.2 Å². The van der Waals surface area contributed by atoms with Crippen LogP contribution in [0.5, 0.6) is 0 Å². The molecule has 0 atom stereocenters. The third-order valence-corrected chi connectivity index (χ3v) is 4.42. The second kappa shape index (κ2) is 5.77. The number of rotatable bonds is 3. The SMILES string of the molecule is Cc1ccc(C(n2nc3ccccc3n2)n2nc3ccccc3n2)cc1. The molecular weight excluding hydrogens is 324 g/mol. The van der Waals surface area contributed by atoms with E-state index in [1.54, 1.807) is 9.59 Å². The molecule has 0 aliphatic carbocycles. The number of aryl methyl sites for hydroxylation is 1. The molecule has 0 spiro atoms. The van der Waals surface area contributed by atoms with Gasteiger partial charge in [0.25, 0.3) is 0 Å². The molecule has 0 unspecified atom stereocenters. The van der Waals surface area contributed by atoms with E-state index >= 15 is 0 Å². The van der Waals surface area contributed by atoms with Gasteiger partial charge in [0.15, 0.2) is 0 Å². The minimum atomic E-state index is -0.351. The average molecular weight is 340 g/mol. The molecule has 0 aliphatic heterocycles. The van der Waals surface area contributed by atoms with Crippen molar-refractivity contribution in [1.29, 1.82) is 0 Å². The highest BCUT2D eigenvalue weighted by Gasteiger charge is 2.21. The topological polar surface area (TPSA) is 61.4 Å². The second-order valence-corrected chi connectivity index (χ2v) is 6.30. The molecule has 126 valence electrons. The molecule has 6 nitrogen and oxygen atoms in total. The highest BCUT2D eigenvalue weighted by atomic mass is 15.6. The molecule has 0 saturated carbocycles. The van der Waals surface area contributed by atoms with Crippen LogP contribution in [-0.2, 0) is 0 Å². The number of fused-ring (bicyclic) bond motifs is 2. The first-order valence-corrected chi connectivity index (χ1v) is 8.48. The highest BCUT2D eigenvalue weighted by molar-refractivity contribution is 5.73. The van der Waals surface area contributed by atoms with Crippen LogP contribution in [0.3, 0.4) is 0 Å². The van der Waals surface area contributed by atoms with Crippen molar-refractivity contribution in [3.05, 3.63) is 83.9 Å². The maximum Gasteiger partial charge on any atom is 0.207 e. The van der Waals surface area contributed by atoms with Gasteiger partial charge in [0.2, 0.25) is 6.17 Å². The number of hydrogen-bond acceptors (Lipinski definition) is 4. The van der Waals surface area contributed by atoms with E-state index in [-0.39, 0.29) is 6.17 Å². The average Bonchev–Trinajstić information content (AvgIpc) is 3.27. The van der Waals surface area contributed by atoms with E-state index in [0.29, 0.717) is 0 Å². The zero-order valence-electron chi connectivity index (χ0n) is 14.2. The number of hydrogen-bond donors (Lipinski definition) is 0. The third-order valence-electron chi connectivity index (χ3n) is 4.42. The summed E-state index contributed by atoms with van der Waals surface area (Å²) in [5.41, 5.74) is 5.62. The lowest BCUT2D eigenvalue weighted by molar-refractivity contribution is 0.348. The highest BCUT2D eigenvalue weighted by Crippen LogP contribution is 2.22. The molecule has 2 aromatic heterocycles. The van der Waals surface area contributed by atoms with E-state index in [4.69, 9.17) is 0 Å². The minimum Gasteiger partial charge on any atom is -0.152 e. The van der Waals surface area contributed by atoms with Gasteiger partial charge in [-0.25, -0.2) is 0 Å². The Kier molecular flexibility index (Phi) is 3.28. The van der Waals surface area contributed by atoms with Crippen LogP contribution in [0.1, 0.15) is 17.3 Å². The first-order valence-electron chi connectivity index (χ1n) is 8.48. The summed E-state index contributed by atoms with van der Waals surface area (Å²) in [7, 11) is 0. The molecule has 5 rings (SSSR count). The summed E-state index contributed by atoms with van der Waals surface area (Å²) in [5.74, 6) is 0. The predicted molar refractivity (Wildman–Crippen MR) is 99.8 cm³/mol. The van der Waals surface area contributed by atoms with Crippen molar-refractivity contribution in [2.24, 2.45) is 0 Å². The molecule has 6 heteroatoms. The molecule has 0 fully saturated rings. The van der Waals surface area contributed by atoms with Crippen LogP contribution in [0.2, 0.25) is 0 Å². The minimum absolute atomic E-state index is 0.351. The van der Waals surface area contributed by atoms with Gasteiger partial charge in [0.1, 0.15) is 22.1 Å². The van der Waals surface area contributed by atoms with Crippen molar-refractivity contribution in [3.8, 4) is 0 Å². The van der Waals surface area contributed by atoms with Crippen molar-refractivity contribution < 1.29 is 0 Å². The zero-order chi connectivity index (χ0) is 17.5. The molecule has 0 aliphatic rings. The van der Waals surface area contributed by atoms with Gasteiger partial charge in [-0.15, -0.1) is 0 Å². The number of aromatic nitrogens is 6. The molecule has 2 heterocycles. The fourth-order valence-corrected chi connectivity index (χ4v) is 3.07. The molecule has 0 radical (unpaired) electrons. The van der Waals surface area contributed by atoms with E-state index < -0.39 is 0 Å². The molecule has 0 amide bonds. The number of benzene rings is 3. The van der Waals surface area contributed by atoms with Gasteiger partial charge in [0.05, 0.1) is 0 Å². The van der Waals surface area contributed by atoms with E-state index in [1.807, 2.05) is 48.5 Å². The lowest BCUT2D eigenvalue weighted by atomic mass is 10.1. The first-order chi connectivity index (χ1) is 12.8. The Balaban J connectivity index is 1.72. The number of nitrogens with zero attached hydrogens (tertiary/aromatic N) is 6. The van der Waals surface area contributed by atoms with Crippen molar-refractivity contribution in [2.75, 3.05) is 0 Å². The third kappa shape index (κ3) is 2.43. The van der Waals surface area contributed by atoms with Gasteiger partial charge in [-0.2, -0.15) is 30.0 Å². The zero-order valence-corrected chi connectivity index (χ0v) is 14.2. The monoisotopic (exact) mass is 340 g/mol. The Morgan fingerprint density at radius 3 is 1.35 bits per heavy atom. The van der Waals surface area contributed by atoms with E-state index in [2.05, 4.69) is 51.6 Å². The smallest absolute Gasteiger partial charge is 0.152 e. The Hall–Kier alpha value is -3.54. The Morgan fingerprint density at radius 2 is 0.962 bits per heavy atom. The fraction of sp³-hybridized carbons (Fsp3) is 0.100. The van der Waals surface area contributed by atoms with E-state index in [1.165, 1.54) is 5.56 Å². The normalized spacial score (nSPS) is 11.6. The predicted octanol–water partition coefficient (Wildman–Crippen LogP) is 3.58. The molecule has 3 aromatic carbocycles. The van der Waals surface area contributed by atoms with Gasteiger partial charge < -0.3 is 0 Å². The van der Waals surface area contributed by atoms with Crippen molar-refractivity contribution in [2.45, 2.75) is 13.1 Å². The van der Waals surface area contributed by atoms with Crippen LogP contribution in [0.4, 0.5) is 0 Å². The van der Waals surface area contributed by atoms with Crippen LogP contribution in [0.25, 0.3) is 22.1 Å². The van der Waals surface area contributed by atoms with Gasteiger partial charge in [0, 0.05) is 5.56 Å². The van der Waals surface area contributed by atoms with Crippen LogP contribution in [0, 0.1) is 6.92 Å². The van der Waals surface area contributed by atoms with Gasteiger partial charge in [-0.3, -0.25) is 0 Å². The summed E-state index contributed by atoms with van der Waals surface area (Å²) >= 11 is 0. The summed E-state index contributed by atoms with van der Waals surface area (Å²) in [6.45, 7) is 2.07. The standard InChI is InChI=1S/C20H16N6/c1-14-10-12-15(13-11-14)20(25-21-16-6-2-3-7-17(16)22-25)26-23-18-8-4-5-9-19(18)24-26/h2-13,20H,1H3. The summed E-state index contributed by atoms with van der Waals surface area (Å²) in [6.07, 6.45) is -0.351. The Bertz CT molecular complexity index is 1060. The van der Waals surface area contributed by atoms with Crippen LogP contribution >= 0.6 is 0 Å². The lowest BCUT2D eigenvalue weighted by Gasteiger charge is -2.16. The Labute approximate surface area is 149 Å². The van der Waals surface area contributed by atoms with Gasteiger partial charge in [-0.1, -0.05) is 54.1 Å². The van der Waals surface area contributed by atoms with E-state index in [0.717, 1.165) is 27.6 Å². The summed E-state index contributed by atoms with van der Waals surface area (Å²) in [4.78, 5) is 3.38. The molecule has 0 bridgehead atoms. The lowest BCUT2D eigenvalue weighted by Crippen LogP contribution is -2.24. The molecule has 26 heavy (non-hydrogen) atoms. The first kappa shape index (κ1) is 14.8. The van der Waals surface area contributed by atoms with Crippen molar-refractivity contribution in [3.63, 3.8) is 0 Å². The summed E-state index contributed by atoms with van der Waals surface area (Å²) < 4.78 is 0. The summed E-state index contributed by atoms with van der Waals surface area (Å²) in [6, 6.07) is 24.0. The quantitative estimate of drug-likeness (QED) is 0.504. The largest absolute Gasteiger partial charge is 0.207 e. The maximum atomic E-state index is 4.66. The fourth-order valence-electron chi connectivity index (χ4n) is 3.07. The maximum absolute atomic E-state index is 4.66.